The molecule has 1 aliphatic rings. The zero-order valence-electron chi connectivity index (χ0n) is 9.42. The Balaban J connectivity index is 2.25. The fourth-order valence-electron chi connectivity index (χ4n) is 1.69. The maximum atomic E-state index is 12.4. The third kappa shape index (κ3) is 3.03. The van der Waals surface area contributed by atoms with Crippen LogP contribution in [0.1, 0.15) is 0 Å². The van der Waals surface area contributed by atoms with Gasteiger partial charge in [0.15, 0.2) is 0 Å². The van der Waals surface area contributed by atoms with Crippen molar-refractivity contribution in [3.05, 3.63) is 22.9 Å². The summed E-state index contributed by atoms with van der Waals surface area (Å²) in [5.74, 6) is 0.281. The summed E-state index contributed by atoms with van der Waals surface area (Å²) in [6.07, 6.45) is 2.63. The minimum absolute atomic E-state index is 0.173. The van der Waals surface area contributed by atoms with Crippen LogP contribution in [0.25, 0.3) is 0 Å². The van der Waals surface area contributed by atoms with Crippen molar-refractivity contribution in [1.29, 1.82) is 0 Å². The van der Waals surface area contributed by atoms with Crippen LogP contribution in [0.2, 0.25) is 0 Å². The fraction of sp³-hybridized carbons (Fsp3) is 0.500. The van der Waals surface area contributed by atoms with Gasteiger partial charge in [-0.05, 0) is 22.0 Å². The quantitative estimate of drug-likeness (QED) is 0.771. The Kier molecular flexibility index (Phi) is 4.60. The van der Waals surface area contributed by atoms with Crippen molar-refractivity contribution in [2.75, 3.05) is 25.6 Å². The van der Waals surface area contributed by atoms with Crippen LogP contribution in [-0.4, -0.2) is 49.4 Å². The number of hydrogen-bond acceptors (Lipinski definition) is 4. The number of ether oxygens (including phenoxy) is 1. The van der Waals surface area contributed by atoms with Crippen molar-refractivity contribution >= 4 is 37.6 Å². The lowest BCUT2D eigenvalue weighted by Crippen LogP contribution is -2.46. The molecule has 1 aromatic rings. The van der Waals surface area contributed by atoms with Crippen LogP contribution in [0.5, 0.6) is 0 Å². The predicted octanol–water partition coefficient (Wildman–Crippen LogP) is 1.47. The number of sulfonamides is 1. The second kappa shape index (κ2) is 5.83. The first kappa shape index (κ1) is 14.2. The summed E-state index contributed by atoms with van der Waals surface area (Å²) in [7, 11) is -3.53. The van der Waals surface area contributed by atoms with Gasteiger partial charge in [-0.2, -0.15) is 4.31 Å². The molecule has 1 aromatic heterocycles. The van der Waals surface area contributed by atoms with Gasteiger partial charge in [-0.25, -0.2) is 8.42 Å². The van der Waals surface area contributed by atoms with Crippen molar-refractivity contribution in [3.63, 3.8) is 0 Å². The normalized spacial score (nSPS) is 22.0. The van der Waals surface area contributed by atoms with E-state index in [4.69, 9.17) is 16.3 Å². The van der Waals surface area contributed by atoms with E-state index >= 15 is 0 Å². The molecule has 0 radical (unpaired) electrons. The molecule has 0 aliphatic carbocycles. The second-order valence-corrected chi connectivity index (χ2v) is 7.01. The van der Waals surface area contributed by atoms with Gasteiger partial charge in [0.2, 0.25) is 10.0 Å². The molecule has 2 rings (SSSR count). The third-order valence-corrected chi connectivity index (χ3v) is 5.20. The molecule has 2 heterocycles. The highest BCUT2D eigenvalue weighted by atomic mass is 79.9. The van der Waals surface area contributed by atoms with E-state index in [0.29, 0.717) is 17.6 Å². The highest BCUT2D eigenvalue weighted by molar-refractivity contribution is 9.10. The fourth-order valence-corrected chi connectivity index (χ4v) is 3.84. The minimum Gasteiger partial charge on any atom is -0.374 e. The van der Waals surface area contributed by atoms with Gasteiger partial charge in [0.25, 0.3) is 0 Å². The largest absolute Gasteiger partial charge is 0.374 e. The Morgan fingerprint density at radius 3 is 3.00 bits per heavy atom. The molecule has 1 aliphatic heterocycles. The molecule has 0 amide bonds. The summed E-state index contributed by atoms with van der Waals surface area (Å²) >= 11 is 8.91. The molecule has 0 bridgehead atoms. The summed E-state index contributed by atoms with van der Waals surface area (Å²) < 4.78 is 32.1. The van der Waals surface area contributed by atoms with Crippen molar-refractivity contribution in [3.8, 4) is 0 Å². The summed E-state index contributed by atoms with van der Waals surface area (Å²) in [5.41, 5.74) is 0. The molecule has 5 nitrogen and oxygen atoms in total. The standard InChI is InChI=1S/C10H12BrClN2O3S/c11-8-3-10(6-13-5-8)18(15,16)14-1-2-17-9(4-12)7-14/h3,5-6,9H,1-2,4,7H2. The molecule has 0 spiro atoms. The number of rotatable bonds is 3. The highest BCUT2D eigenvalue weighted by Gasteiger charge is 2.30. The SMILES string of the molecule is O=S(=O)(c1cncc(Br)c1)N1CCOC(CCl)C1. The van der Waals surface area contributed by atoms with Crippen molar-refractivity contribution in [1.82, 2.24) is 9.29 Å². The summed E-state index contributed by atoms with van der Waals surface area (Å²) in [6.45, 7) is 0.971. The summed E-state index contributed by atoms with van der Waals surface area (Å²) in [4.78, 5) is 4.05. The Morgan fingerprint density at radius 2 is 2.33 bits per heavy atom. The lowest BCUT2D eigenvalue weighted by Gasteiger charge is -2.31. The number of morpholine rings is 1. The molecule has 100 valence electrons. The smallest absolute Gasteiger partial charge is 0.244 e. The first-order chi connectivity index (χ1) is 8.54. The molecule has 1 fully saturated rings. The Labute approximate surface area is 119 Å². The van der Waals surface area contributed by atoms with Crippen molar-refractivity contribution < 1.29 is 13.2 Å². The van der Waals surface area contributed by atoms with E-state index in [1.54, 1.807) is 6.20 Å². The number of pyridine rings is 1. The number of hydrogen-bond donors (Lipinski definition) is 0. The molecule has 8 heteroatoms. The lowest BCUT2D eigenvalue weighted by molar-refractivity contribution is 0.0122. The first-order valence-corrected chi connectivity index (χ1v) is 8.09. The van der Waals surface area contributed by atoms with Crippen LogP contribution in [0.15, 0.2) is 27.8 Å². The zero-order chi connectivity index (χ0) is 13.2. The maximum Gasteiger partial charge on any atom is 0.244 e. The monoisotopic (exact) mass is 354 g/mol. The average molecular weight is 356 g/mol. The van der Waals surface area contributed by atoms with E-state index in [0.717, 1.165) is 0 Å². The molecule has 0 saturated carbocycles. The van der Waals surface area contributed by atoms with Gasteiger partial charge < -0.3 is 4.74 Å². The van der Waals surface area contributed by atoms with Gasteiger partial charge in [-0.3, -0.25) is 4.98 Å². The van der Waals surface area contributed by atoms with Crippen molar-refractivity contribution in [2.45, 2.75) is 11.0 Å². The molecule has 1 unspecified atom stereocenters. The average Bonchev–Trinajstić information content (AvgIpc) is 2.39. The van der Waals surface area contributed by atoms with E-state index in [2.05, 4.69) is 20.9 Å². The summed E-state index contributed by atoms with van der Waals surface area (Å²) in [5, 5.41) is 0. The zero-order valence-corrected chi connectivity index (χ0v) is 12.6. The molecule has 1 atom stereocenters. The first-order valence-electron chi connectivity index (χ1n) is 5.32. The van der Waals surface area contributed by atoms with Gasteiger partial charge >= 0.3 is 0 Å². The Morgan fingerprint density at radius 1 is 1.56 bits per heavy atom. The lowest BCUT2D eigenvalue weighted by atomic mass is 10.3. The molecule has 0 N–H and O–H groups in total. The van der Waals surface area contributed by atoms with Crippen LogP contribution >= 0.6 is 27.5 Å². The molecular formula is C10H12BrClN2O3S. The highest BCUT2D eigenvalue weighted by Crippen LogP contribution is 2.21. The van der Waals surface area contributed by atoms with E-state index in [-0.39, 0.29) is 23.4 Å². The third-order valence-electron chi connectivity index (χ3n) is 2.59. The van der Waals surface area contributed by atoms with E-state index in [1.165, 1.54) is 16.6 Å². The van der Waals surface area contributed by atoms with Gasteiger partial charge in [-0.15, -0.1) is 11.6 Å². The topological polar surface area (TPSA) is 59.5 Å². The summed E-state index contributed by atoms with van der Waals surface area (Å²) in [6, 6.07) is 1.54. The van der Waals surface area contributed by atoms with E-state index in [1.807, 2.05) is 0 Å². The van der Waals surface area contributed by atoms with Crippen LogP contribution < -0.4 is 0 Å². The van der Waals surface area contributed by atoms with E-state index < -0.39 is 10.0 Å². The second-order valence-electron chi connectivity index (χ2n) is 3.85. The van der Waals surface area contributed by atoms with Gasteiger partial charge in [-0.1, -0.05) is 0 Å². The van der Waals surface area contributed by atoms with Gasteiger partial charge in [0.05, 0.1) is 12.7 Å². The van der Waals surface area contributed by atoms with Crippen LogP contribution in [0.4, 0.5) is 0 Å². The maximum absolute atomic E-state index is 12.4. The molecule has 0 aromatic carbocycles. The number of nitrogens with zero attached hydrogens (tertiary/aromatic N) is 2. The predicted molar refractivity (Wildman–Crippen MR) is 71.2 cm³/mol. The van der Waals surface area contributed by atoms with Gasteiger partial charge in [0.1, 0.15) is 4.90 Å². The molecule has 18 heavy (non-hydrogen) atoms. The van der Waals surface area contributed by atoms with E-state index in [9.17, 15) is 8.42 Å². The van der Waals surface area contributed by atoms with Crippen LogP contribution in [-0.2, 0) is 14.8 Å². The van der Waals surface area contributed by atoms with Gasteiger partial charge in [0, 0.05) is 35.8 Å². The van der Waals surface area contributed by atoms with Crippen LogP contribution in [0.3, 0.4) is 0 Å². The number of aromatic nitrogens is 1. The number of alkyl halides is 1. The Bertz CT molecular complexity index is 526. The number of halogens is 2. The Hall–Kier alpha value is -0.210. The minimum atomic E-state index is -3.53. The molecular weight excluding hydrogens is 344 g/mol. The van der Waals surface area contributed by atoms with Crippen molar-refractivity contribution in [2.24, 2.45) is 0 Å². The van der Waals surface area contributed by atoms with Crippen LogP contribution in [0, 0.1) is 0 Å². The molecule has 1 saturated heterocycles.